The molecular weight excluding hydrogens is 414 g/mol. The number of β-amino-alcohol motifs (C(OH)–C–C–N with tert-alkyl or cyclic N) is 1. The number of nitrogens with one attached hydrogen (secondary N) is 1. The van der Waals surface area contributed by atoms with E-state index in [0.29, 0.717) is 0 Å². The molecule has 0 bridgehead atoms. The number of carbonyl (C=O) groups excluding carboxylic acids is 3. The summed E-state index contributed by atoms with van der Waals surface area (Å²) in [6.45, 7) is 5.95. The van der Waals surface area contributed by atoms with Crippen LogP contribution in [0.2, 0.25) is 0 Å². The summed E-state index contributed by atoms with van der Waals surface area (Å²) >= 11 is 0. The van der Waals surface area contributed by atoms with Crippen molar-refractivity contribution < 1.29 is 24.2 Å². The standard InChI is InChI=1S/C22H35N5O5/c1-22(2,3)18(20(30)26-11-15(28)10-17(26)19(29)23-4)27-12-16(24-25-27)13-6-8-14(9-7-13)21(31)32-5/h12-15,17-18,28H,6-11H2,1-5H3,(H,23,29)/t13?,14?,15-,17+,18?/m1/s1. The van der Waals surface area contributed by atoms with Gasteiger partial charge in [0, 0.05) is 32.1 Å². The van der Waals surface area contributed by atoms with E-state index in [2.05, 4.69) is 15.6 Å². The van der Waals surface area contributed by atoms with Gasteiger partial charge in [-0.25, -0.2) is 4.68 Å². The van der Waals surface area contributed by atoms with Crippen LogP contribution in [-0.4, -0.2) is 75.6 Å². The highest BCUT2D eigenvalue weighted by atomic mass is 16.5. The Labute approximate surface area is 188 Å². The van der Waals surface area contributed by atoms with Crippen LogP contribution in [0.25, 0.3) is 0 Å². The third-order valence-electron chi connectivity index (χ3n) is 6.64. The maximum absolute atomic E-state index is 13.6. The molecule has 3 rings (SSSR count). The molecule has 1 aromatic heterocycles. The molecule has 2 N–H and O–H groups in total. The van der Waals surface area contributed by atoms with Crippen molar-refractivity contribution in [3.8, 4) is 0 Å². The van der Waals surface area contributed by atoms with Gasteiger partial charge in [-0.15, -0.1) is 5.10 Å². The van der Waals surface area contributed by atoms with Crippen molar-refractivity contribution in [1.82, 2.24) is 25.2 Å². The van der Waals surface area contributed by atoms with Gasteiger partial charge in [0.25, 0.3) is 0 Å². The van der Waals surface area contributed by atoms with Gasteiger partial charge in [0.15, 0.2) is 0 Å². The first kappa shape index (κ1) is 24.2. The van der Waals surface area contributed by atoms with Gasteiger partial charge in [-0.2, -0.15) is 0 Å². The largest absolute Gasteiger partial charge is 0.469 e. The Kier molecular flexibility index (Phi) is 7.22. The molecule has 1 saturated carbocycles. The average molecular weight is 450 g/mol. The third kappa shape index (κ3) is 4.95. The SMILES string of the molecule is CNC(=O)[C@@H]1C[C@@H](O)CN1C(=O)C(n1cc(C2CCC(C(=O)OC)CC2)nn1)C(C)(C)C. The number of likely N-dealkylation sites (N-methyl/N-ethyl adjacent to an activating group) is 1. The summed E-state index contributed by atoms with van der Waals surface area (Å²) in [7, 11) is 2.94. The summed E-state index contributed by atoms with van der Waals surface area (Å²) in [6, 6.07) is -1.38. The number of ether oxygens (including phenoxy) is 1. The molecule has 1 aliphatic heterocycles. The number of amides is 2. The lowest BCUT2D eigenvalue weighted by Crippen LogP contribution is -2.49. The van der Waals surface area contributed by atoms with Crippen molar-refractivity contribution in [3.05, 3.63) is 11.9 Å². The van der Waals surface area contributed by atoms with Crippen LogP contribution in [0.5, 0.6) is 0 Å². The first-order valence-corrected chi connectivity index (χ1v) is 11.3. The van der Waals surface area contributed by atoms with Gasteiger partial charge in [0.1, 0.15) is 12.1 Å². The number of rotatable bonds is 5. The lowest BCUT2D eigenvalue weighted by atomic mass is 9.80. The zero-order valence-electron chi connectivity index (χ0n) is 19.6. The Balaban J connectivity index is 1.79. The van der Waals surface area contributed by atoms with E-state index in [1.807, 2.05) is 27.0 Å². The van der Waals surface area contributed by atoms with Crippen LogP contribution in [0.15, 0.2) is 6.20 Å². The molecule has 0 spiro atoms. The number of carbonyl (C=O) groups is 3. The van der Waals surface area contributed by atoms with Crippen LogP contribution < -0.4 is 5.32 Å². The Morgan fingerprint density at radius 3 is 2.44 bits per heavy atom. The molecular formula is C22H35N5O5. The fourth-order valence-corrected chi connectivity index (χ4v) is 4.91. The van der Waals surface area contributed by atoms with E-state index in [4.69, 9.17) is 4.74 Å². The van der Waals surface area contributed by atoms with E-state index in [-0.39, 0.29) is 42.6 Å². The minimum atomic E-state index is -0.738. The van der Waals surface area contributed by atoms with Crippen LogP contribution in [-0.2, 0) is 19.1 Å². The predicted molar refractivity (Wildman–Crippen MR) is 115 cm³/mol. The minimum Gasteiger partial charge on any atom is -0.469 e. The molecule has 10 heteroatoms. The molecule has 2 aliphatic rings. The van der Waals surface area contributed by atoms with Gasteiger partial charge in [-0.1, -0.05) is 26.0 Å². The monoisotopic (exact) mass is 449 g/mol. The first-order chi connectivity index (χ1) is 15.1. The summed E-state index contributed by atoms with van der Waals surface area (Å²) in [5, 5.41) is 21.4. The first-order valence-electron chi connectivity index (χ1n) is 11.3. The molecule has 1 aliphatic carbocycles. The highest BCUT2D eigenvalue weighted by Gasteiger charge is 2.45. The minimum absolute atomic E-state index is 0.0709. The van der Waals surface area contributed by atoms with E-state index in [1.54, 1.807) is 4.68 Å². The van der Waals surface area contributed by atoms with Gasteiger partial charge in [-0.05, 0) is 31.1 Å². The zero-order valence-corrected chi connectivity index (χ0v) is 19.6. The normalized spacial score (nSPS) is 27.1. The lowest BCUT2D eigenvalue weighted by Gasteiger charge is -2.34. The van der Waals surface area contributed by atoms with Gasteiger partial charge in [0.2, 0.25) is 11.8 Å². The lowest BCUT2D eigenvalue weighted by molar-refractivity contribution is -0.146. The number of nitrogens with zero attached hydrogens (tertiary/aromatic N) is 4. The quantitative estimate of drug-likeness (QED) is 0.643. The number of hydrogen-bond acceptors (Lipinski definition) is 7. The number of esters is 1. The summed E-state index contributed by atoms with van der Waals surface area (Å²) in [5.74, 6) is -0.604. The number of hydrogen-bond donors (Lipinski definition) is 2. The molecule has 32 heavy (non-hydrogen) atoms. The molecule has 1 aromatic rings. The van der Waals surface area contributed by atoms with Crippen LogP contribution >= 0.6 is 0 Å². The molecule has 0 radical (unpaired) electrons. The van der Waals surface area contributed by atoms with Crippen LogP contribution in [0.1, 0.15) is 70.5 Å². The van der Waals surface area contributed by atoms with Gasteiger partial charge in [-0.3, -0.25) is 14.4 Å². The second-order valence-corrected chi connectivity index (χ2v) is 9.97. The van der Waals surface area contributed by atoms with Crippen molar-refractivity contribution in [3.63, 3.8) is 0 Å². The molecule has 1 saturated heterocycles. The molecule has 1 unspecified atom stereocenters. The van der Waals surface area contributed by atoms with E-state index in [1.165, 1.54) is 19.1 Å². The van der Waals surface area contributed by atoms with Crippen LogP contribution in [0.4, 0.5) is 0 Å². The Morgan fingerprint density at radius 2 is 1.88 bits per heavy atom. The Hall–Kier alpha value is -2.49. The predicted octanol–water partition coefficient (Wildman–Crippen LogP) is 1.02. The van der Waals surface area contributed by atoms with Crippen molar-refractivity contribution in [1.29, 1.82) is 0 Å². The fourth-order valence-electron chi connectivity index (χ4n) is 4.91. The third-order valence-corrected chi connectivity index (χ3v) is 6.64. The summed E-state index contributed by atoms with van der Waals surface area (Å²) in [6.07, 6.45) is 4.40. The molecule has 178 valence electrons. The second-order valence-electron chi connectivity index (χ2n) is 9.97. The Morgan fingerprint density at radius 1 is 1.22 bits per heavy atom. The Bertz CT molecular complexity index is 840. The fraction of sp³-hybridized carbons (Fsp3) is 0.773. The van der Waals surface area contributed by atoms with Crippen LogP contribution in [0.3, 0.4) is 0 Å². The second kappa shape index (κ2) is 9.56. The molecule has 2 fully saturated rings. The maximum atomic E-state index is 13.6. The highest BCUT2D eigenvalue weighted by Crippen LogP contribution is 2.38. The van der Waals surface area contributed by atoms with E-state index in [0.717, 1.165) is 31.4 Å². The van der Waals surface area contributed by atoms with Crippen molar-refractivity contribution in [2.75, 3.05) is 20.7 Å². The topological polar surface area (TPSA) is 127 Å². The summed E-state index contributed by atoms with van der Waals surface area (Å²) in [5.41, 5.74) is 0.311. The van der Waals surface area contributed by atoms with Crippen molar-refractivity contribution in [2.45, 2.75) is 77.0 Å². The molecule has 0 aromatic carbocycles. The number of aromatic nitrogens is 3. The van der Waals surface area contributed by atoms with Gasteiger partial charge < -0.3 is 20.1 Å². The zero-order chi connectivity index (χ0) is 23.6. The average Bonchev–Trinajstić information content (AvgIpc) is 3.38. The highest BCUT2D eigenvalue weighted by molar-refractivity contribution is 5.90. The smallest absolute Gasteiger partial charge is 0.308 e. The summed E-state index contributed by atoms with van der Waals surface area (Å²) in [4.78, 5) is 39.2. The molecule has 3 atom stereocenters. The molecule has 10 nitrogen and oxygen atoms in total. The van der Waals surface area contributed by atoms with Crippen molar-refractivity contribution in [2.24, 2.45) is 11.3 Å². The van der Waals surface area contributed by atoms with E-state index >= 15 is 0 Å². The summed E-state index contributed by atoms with van der Waals surface area (Å²) < 4.78 is 6.45. The number of likely N-dealkylation sites (tertiary alicyclic amines) is 1. The van der Waals surface area contributed by atoms with Crippen molar-refractivity contribution >= 4 is 17.8 Å². The number of aliphatic hydroxyl groups is 1. The van der Waals surface area contributed by atoms with Crippen LogP contribution in [0, 0.1) is 11.3 Å². The van der Waals surface area contributed by atoms with E-state index < -0.39 is 23.6 Å². The number of methoxy groups -OCH3 is 1. The van der Waals surface area contributed by atoms with E-state index in [9.17, 15) is 19.5 Å². The van der Waals surface area contributed by atoms with Gasteiger partial charge in [0.05, 0.1) is 24.8 Å². The molecule has 2 heterocycles. The maximum Gasteiger partial charge on any atom is 0.308 e. The number of aliphatic hydroxyl groups excluding tert-OH is 1. The van der Waals surface area contributed by atoms with Gasteiger partial charge >= 0.3 is 5.97 Å². The molecule has 2 amide bonds.